The van der Waals surface area contributed by atoms with Crippen LogP contribution in [0.15, 0.2) is 17.5 Å². The molecule has 1 aromatic rings. The Kier molecular flexibility index (Phi) is 11.2. The van der Waals surface area contributed by atoms with Gasteiger partial charge in [0.2, 0.25) is 5.91 Å². The molecule has 1 heterocycles. The number of hydrogen-bond donors (Lipinski definition) is 3. The summed E-state index contributed by atoms with van der Waals surface area (Å²) < 4.78 is 0. The third-order valence-electron chi connectivity index (χ3n) is 2.72. The van der Waals surface area contributed by atoms with E-state index in [4.69, 9.17) is 5.73 Å². The molecule has 20 heavy (non-hydrogen) atoms. The van der Waals surface area contributed by atoms with Gasteiger partial charge in [0, 0.05) is 17.5 Å². The lowest BCUT2D eigenvalue weighted by Crippen LogP contribution is -2.47. The van der Waals surface area contributed by atoms with E-state index in [-0.39, 0.29) is 18.3 Å². The number of amides is 1. The maximum atomic E-state index is 11.7. The standard InChI is InChI=1S/C13H22N2O2S2.ClH/c1-2-18-9-6-11(14)12(16)13(17)15-7-5-10-4-3-8-19-10;/h3-4,8,11-12,16H,2,5-7,9,14H2,1H3,(H,15,17);1H/t11-,12?;/m1./s1. The van der Waals surface area contributed by atoms with Crippen LogP contribution in [0.2, 0.25) is 0 Å². The van der Waals surface area contributed by atoms with Crippen molar-refractivity contribution in [1.29, 1.82) is 0 Å². The van der Waals surface area contributed by atoms with Crippen LogP contribution in [-0.4, -0.2) is 41.2 Å². The molecule has 1 unspecified atom stereocenters. The molecule has 0 aromatic carbocycles. The molecule has 4 N–H and O–H groups in total. The lowest BCUT2D eigenvalue weighted by molar-refractivity contribution is -0.130. The Labute approximate surface area is 134 Å². The molecule has 2 atom stereocenters. The van der Waals surface area contributed by atoms with E-state index in [1.807, 2.05) is 17.5 Å². The summed E-state index contributed by atoms with van der Waals surface area (Å²) in [6.45, 7) is 2.61. The number of hydrogen-bond acceptors (Lipinski definition) is 5. The molecule has 0 saturated heterocycles. The van der Waals surface area contributed by atoms with Gasteiger partial charge >= 0.3 is 0 Å². The van der Waals surface area contributed by atoms with Crippen molar-refractivity contribution in [2.24, 2.45) is 5.73 Å². The summed E-state index contributed by atoms with van der Waals surface area (Å²) in [4.78, 5) is 12.9. The zero-order valence-corrected chi connectivity index (χ0v) is 14.0. The van der Waals surface area contributed by atoms with Gasteiger partial charge in [-0.25, -0.2) is 0 Å². The Balaban J connectivity index is 0.00000361. The SMILES string of the molecule is CCSCC[C@@H](N)C(O)C(=O)NCCc1cccs1.Cl. The summed E-state index contributed by atoms with van der Waals surface area (Å²) in [7, 11) is 0. The first-order valence-electron chi connectivity index (χ1n) is 6.46. The van der Waals surface area contributed by atoms with Gasteiger partial charge in [-0.3, -0.25) is 4.79 Å². The molecular weight excluding hydrogens is 316 g/mol. The highest BCUT2D eigenvalue weighted by atomic mass is 35.5. The highest BCUT2D eigenvalue weighted by Gasteiger charge is 2.21. The van der Waals surface area contributed by atoms with Crippen LogP contribution in [0, 0.1) is 0 Å². The molecule has 0 aliphatic carbocycles. The molecule has 1 aromatic heterocycles. The zero-order chi connectivity index (χ0) is 14.1. The van der Waals surface area contributed by atoms with Crippen LogP contribution in [0.25, 0.3) is 0 Å². The summed E-state index contributed by atoms with van der Waals surface area (Å²) in [5, 5.41) is 14.5. The number of aliphatic hydroxyl groups excluding tert-OH is 1. The number of halogens is 1. The number of rotatable bonds is 9. The summed E-state index contributed by atoms with van der Waals surface area (Å²) in [5.74, 6) is 1.53. The quantitative estimate of drug-likeness (QED) is 0.599. The topological polar surface area (TPSA) is 75.3 Å². The van der Waals surface area contributed by atoms with Crippen LogP contribution in [0.1, 0.15) is 18.2 Å². The number of aliphatic hydroxyl groups is 1. The van der Waals surface area contributed by atoms with Gasteiger partial charge in [0.1, 0.15) is 6.10 Å². The van der Waals surface area contributed by atoms with Crippen molar-refractivity contribution in [3.05, 3.63) is 22.4 Å². The third-order valence-corrected chi connectivity index (χ3v) is 4.59. The minimum atomic E-state index is -1.11. The summed E-state index contributed by atoms with van der Waals surface area (Å²) in [6.07, 6.45) is 0.329. The Morgan fingerprint density at radius 3 is 2.95 bits per heavy atom. The summed E-state index contributed by atoms with van der Waals surface area (Å²) >= 11 is 3.42. The van der Waals surface area contributed by atoms with Crippen molar-refractivity contribution < 1.29 is 9.90 Å². The van der Waals surface area contributed by atoms with Crippen LogP contribution in [0.5, 0.6) is 0 Å². The van der Waals surface area contributed by atoms with Crippen LogP contribution >= 0.6 is 35.5 Å². The van der Waals surface area contributed by atoms with Crippen molar-refractivity contribution in [3.63, 3.8) is 0 Å². The van der Waals surface area contributed by atoms with E-state index in [1.54, 1.807) is 23.1 Å². The number of nitrogens with one attached hydrogen (secondary N) is 1. The number of carbonyl (C=O) groups excluding carboxylic acids is 1. The summed E-state index contributed by atoms with van der Waals surface area (Å²) in [6, 6.07) is 3.53. The van der Waals surface area contributed by atoms with Gasteiger partial charge in [0.15, 0.2) is 0 Å². The van der Waals surface area contributed by atoms with E-state index >= 15 is 0 Å². The van der Waals surface area contributed by atoms with Gasteiger partial charge < -0.3 is 16.2 Å². The second kappa shape index (κ2) is 11.4. The number of thioether (sulfide) groups is 1. The van der Waals surface area contributed by atoms with Gasteiger partial charge in [-0.2, -0.15) is 11.8 Å². The van der Waals surface area contributed by atoms with Crippen molar-refractivity contribution in [2.75, 3.05) is 18.1 Å². The Morgan fingerprint density at radius 1 is 1.60 bits per heavy atom. The number of thiophene rings is 1. The molecule has 1 amide bonds. The Morgan fingerprint density at radius 2 is 2.35 bits per heavy atom. The monoisotopic (exact) mass is 338 g/mol. The van der Waals surface area contributed by atoms with E-state index in [0.717, 1.165) is 17.9 Å². The molecular formula is C13H23ClN2O2S2. The molecule has 0 saturated carbocycles. The van der Waals surface area contributed by atoms with Gasteiger partial charge in [0.25, 0.3) is 0 Å². The maximum Gasteiger partial charge on any atom is 0.250 e. The number of carbonyl (C=O) groups is 1. The molecule has 116 valence electrons. The average molecular weight is 339 g/mol. The highest BCUT2D eigenvalue weighted by molar-refractivity contribution is 7.99. The molecule has 1 rings (SSSR count). The summed E-state index contributed by atoms with van der Waals surface area (Å²) in [5.41, 5.74) is 5.80. The zero-order valence-electron chi connectivity index (χ0n) is 11.6. The molecule has 0 bridgehead atoms. The highest BCUT2D eigenvalue weighted by Crippen LogP contribution is 2.08. The lowest BCUT2D eigenvalue weighted by Gasteiger charge is -2.18. The molecule has 0 spiro atoms. The predicted molar refractivity (Wildman–Crippen MR) is 89.9 cm³/mol. The first-order chi connectivity index (χ1) is 9.15. The van der Waals surface area contributed by atoms with Crippen LogP contribution in [0.3, 0.4) is 0 Å². The fraction of sp³-hybridized carbons (Fsp3) is 0.615. The van der Waals surface area contributed by atoms with Gasteiger partial charge in [-0.1, -0.05) is 13.0 Å². The van der Waals surface area contributed by atoms with E-state index in [0.29, 0.717) is 13.0 Å². The smallest absolute Gasteiger partial charge is 0.250 e. The second-order valence-corrected chi connectivity index (χ2v) is 6.64. The van der Waals surface area contributed by atoms with Crippen molar-refractivity contribution in [1.82, 2.24) is 5.32 Å². The first kappa shape index (κ1) is 19.7. The second-order valence-electron chi connectivity index (χ2n) is 4.21. The number of nitrogens with two attached hydrogens (primary N) is 1. The van der Waals surface area contributed by atoms with Gasteiger partial charge in [0.05, 0.1) is 0 Å². The van der Waals surface area contributed by atoms with Crippen molar-refractivity contribution in [3.8, 4) is 0 Å². The Hall–Kier alpha value is -0.270. The molecule has 7 heteroatoms. The van der Waals surface area contributed by atoms with Crippen molar-refractivity contribution >= 4 is 41.4 Å². The molecule has 0 fully saturated rings. The largest absolute Gasteiger partial charge is 0.382 e. The van der Waals surface area contributed by atoms with Crippen LogP contribution in [0.4, 0.5) is 0 Å². The van der Waals surface area contributed by atoms with Crippen molar-refractivity contribution in [2.45, 2.75) is 31.9 Å². The Bertz CT molecular complexity index is 363. The minimum absolute atomic E-state index is 0. The van der Waals surface area contributed by atoms with E-state index in [1.165, 1.54) is 4.88 Å². The fourth-order valence-corrected chi connectivity index (χ4v) is 3.02. The van der Waals surface area contributed by atoms with E-state index in [2.05, 4.69) is 12.2 Å². The van der Waals surface area contributed by atoms with Crippen LogP contribution < -0.4 is 11.1 Å². The van der Waals surface area contributed by atoms with E-state index in [9.17, 15) is 9.90 Å². The molecule has 0 aliphatic rings. The van der Waals surface area contributed by atoms with E-state index < -0.39 is 12.1 Å². The molecule has 4 nitrogen and oxygen atoms in total. The van der Waals surface area contributed by atoms with Gasteiger partial charge in [-0.05, 0) is 35.8 Å². The molecule has 0 aliphatic heterocycles. The maximum absolute atomic E-state index is 11.7. The normalized spacial score (nSPS) is 13.3. The third kappa shape index (κ3) is 7.50. The lowest BCUT2D eigenvalue weighted by atomic mass is 10.1. The average Bonchev–Trinajstić information content (AvgIpc) is 2.91. The van der Waals surface area contributed by atoms with Gasteiger partial charge in [-0.15, -0.1) is 23.7 Å². The molecule has 0 radical (unpaired) electrons. The van der Waals surface area contributed by atoms with Crippen LogP contribution in [-0.2, 0) is 11.2 Å². The first-order valence-corrected chi connectivity index (χ1v) is 8.50. The predicted octanol–water partition coefficient (Wildman–Crippen LogP) is 1.66. The fourth-order valence-electron chi connectivity index (χ4n) is 1.58. The minimum Gasteiger partial charge on any atom is -0.382 e.